The van der Waals surface area contributed by atoms with Crippen LogP contribution in [0.4, 0.5) is 13.2 Å². The molecule has 0 amide bonds. The first kappa shape index (κ1) is 11.3. The monoisotopic (exact) mass is 225 g/mol. The molecule has 1 rings (SSSR count). The standard InChI is InChI=1S/C8H7ClF3NO/c9-6-7(11)3(5(13)2-14)1-4(10)8(6)12/h1,5,14H,2,13H2. The molecule has 0 aliphatic heterocycles. The van der Waals surface area contributed by atoms with Crippen molar-refractivity contribution in [1.29, 1.82) is 0 Å². The molecule has 0 fully saturated rings. The van der Waals surface area contributed by atoms with Gasteiger partial charge in [-0.2, -0.15) is 0 Å². The summed E-state index contributed by atoms with van der Waals surface area (Å²) in [4.78, 5) is 0. The molecule has 1 aromatic carbocycles. The van der Waals surface area contributed by atoms with Crippen LogP contribution in [0, 0.1) is 17.5 Å². The first-order chi connectivity index (χ1) is 6.49. The molecule has 78 valence electrons. The maximum atomic E-state index is 13.2. The molecule has 0 aliphatic carbocycles. The van der Waals surface area contributed by atoms with Crippen LogP contribution in [0.3, 0.4) is 0 Å². The lowest BCUT2D eigenvalue weighted by Crippen LogP contribution is -2.17. The molecule has 2 nitrogen and oxygen atoms in total. The van der Waals surface area contributed by atoms with E-state index in [1.165, 1.54) is 0 Å². The fourth-order valence-corrected chi connectivity index (χ4v) is 1.16. The number of aliphatic hydroxyl groups excluding tert-OH is 1. The number of aliphatic hydroxyl groups is 1. The van der Waals surface area contributed by atoms with E-state index in [2.05, 4.69) is 0 Å². The van der Waals surface area contributed by atoms with Crippen LogP contribution in [-0.4, -0.2) is 11.7 Å². The van der Waals surface area contributed by atoms with E-state index < -0.39 is 35.1 Å². The Hall–Kier alpha value is -0.780. The van der Waals surface area contributed by atoms with E-state index in [1.54, 1.807) is 0 Å². The van der Waals surface area contributed by atoms with E-state index in [9.17, 15) is 13.2 Å². The van der Waals surface area contributed by atoms with Crippen molar-refractivity contribution in [3.63, 3.8) is 0 Å². The normalized spacial score (nSPS) is 13.0. The molecule has 1 atom stereocenters. The molecule has 0 heterocycles. The first-order valence-corrected chi connectivity index (χ1v) is 4.06. The average Bonchev–Trinajstić information content (AvgIpc) is 2.19. The maximum Gasteiger partial charge on any atom is 0.180 e. The van der Waals surface area contributed by atoms with Gasteiger partial charge >= 0.3 is 0 Å². The van der Waals surface area contributed by atoms with Gasteiger partial charge < -0.3 is 10.8 Å². The van der Waals surface area contributed by atoms with Crippen molar-refractivity contribution in [2.45, 2.75) is 6.04 Å². The van der Waals surface area contributed by atoms with Crippen molar-refractivity contribution >= 4 is 11.6 Å². The minimum Gasteiger partial charge on any atom is -0.394 e. The van der Waals surface area contributed by atoms with Crippen LogP contribution in [0.1, 0.15) is 11.6 Å². The maximum absolute atomic E-state index is 13.2. The Bertz CT molecular complexity index is 359. The zero-order valence-electron chi connectivity index (χ0n) is 6.90. The van der Waals surface area contributed by atoms with Crippen molar-refractivity contribution in [3.05, 3.63) is 34.1 Å². The van der Waals surface area contributed by atoms with Crippen LogP contribution in [0.25, 0.3) is 0 Å². The zero-order chi connectivity index (χ0) is 10.9. The van der Waals surface area contributed by atoms with Gasteiger partial charge in [-0.25, -0.2) is 13.2 Å². The molecule has 0 bridgehead atoms. The molecule has 0 saturated heterocycles. The Morgan fingerprint density at radius 3 is 2.43 bits per heavy atom. The molecule has 3 N–H and O–H groups in total. The van der Waals surface area contributed by atoms with Crippen LogP contribution in [-0.2, 0) is 0 Å². The van der Waals surface area contributed by atoms with E-state index in [-0.39, 0.29) is 5.56 Å². The topological polar surface area (TPSA) is 46.2 Å². The van der Waals surface area contributed by atoms with Gasteiger partial charge in [-0.15, -0.1) is 0 Å². The summed E-state index contributed by atoms with van der Waals surface area (Å²) in [6, 6.07) is -0.542. The molecule has 0 radical (unpaired) electrons. The summed E-state index contributed by atoms with van der Waals surface area (Å²) < 4.78 is 38.6. The van der Waals surface area contributed by atoms with E-state index in [1.807, 2.05) is 0 Å². The van der Waals surface area contributed by atoms with Gasteiger partial charge in [0.1, 0.15) is 10.8 Å². The molecule has 1 unspecified atom stereocenters. The molecule has 0 aliphatic rings. The smallest absolute Gasteiger partial charge is 0.180 e. The van der Waals surface area contributed by atoms with Gasteiger partial charge in [-0.3, -0.25) is 0 Å². The molecule has 14 heavy (non-hydrogen) atoms. The van der Waals surface area contributed by atoms with Crippen LogP contribution < -0.4 is 5.73 Å². The van der Waals surface area contributed by atoms with E-state index >= 15 is 0 Å². The Balaban J connectivity index is 3.33. The number of rotatable bonds is 2. The van der Waals surface area contributed by atoms with Crippen molar-refractivity contribution in [3.8, 4) is 0 Å². The van der Waals surface area contributed by atoms with E-state index in [0.29, 0.717) is 6.07 Å². The largest absolute Gasteiger partial charge is 0.394 e. The quantitative estimate of drug-likeness (QED) is 0.595. The lowest BCUT2D eigenvalue weighted by atomic mass is 10.1. The molecular formula is C8H7ClF3NO. The highest BCUT2D eigenvalue weighted by atomic mass is 35.5. The van der Waals surface area contributed by atoms with Crippen molar-refractivity contribution in [2.24, 2.45) is 5.73 Å². The predicted octanol–water partition coefficient (Wildman–Crippen LogP) is 1.75. The number of hydrogen-bond donors (Lipinski definition) is 2. The summed E-state index contributed by atoms with van der Waals surface area (Å²) in [6.07, 6.45) is 0. The van der Waals surface area contributed by atoms with Gasteiger partial charge in [0.2, 0.25) is 0 Å². The van der Waals surface area contributed by atoms with Gasteiger partial charge in [0.05, 0.1) is 12.6 Å². The van der Waals surface area contributed by atoms with Crippen LogP contribution in [0.15, 0.2) is 6.07 Å². The number of benzene rings is 1. The lowest BCUT2D eigenvalue weighted by molar-refractivity contribution is 0.264. The Morgan fingerprint density at radius 2 is 1.93 bits per heavy atom. The second-order valence-corrected chi connectivity index (χ2v) is 3.06. The van der Waals surface area contributed by atoms with Gasteiger partial charge in [-0.05, 0) is 6.07 Å². The Morgan fingerprint density at radius 1 is 1.36 bits per heavy atom. The average molecular weight is 226 g/mol. The van der Waals surface area contributed by atoms with Gasteiger partial charge in [0.15, 0.2) is 11.6 Å². The molecule has 0 spiro atoms. The van der Waals surface area contributed by atoms with Gasteiger partial charge in [-0.1, -0.05) is 11.6 Å². The molecule has 1 aromatic rings. The van der Waals surface area contributed by atoms with Crippen molar-refractivity contribution < 1.29 is 18.3 Å². The summed E-state index contributed by atoms with van der Waals surface area (Å²) in [6.45, 7) is -0.585. The highest BCUT2D eigenvalue weighted by Gasteiger charge is 2.20. The summed E-state index contributed by atoms with van der Waals surface area (Å²) in [7, 11) is 0. The summed E-state index contributed by atoms with van der Waals surface area (Å²) >= 11 is 5.16. The van der Waals surface area contributed by atoms with Gasteiger partial charge in [0, 0.05) is 5.56 Å². The van der Waals surface area contributed by atoms with Crippen LogP contribution >= 0.6 is 11.6 Å². The van der Waals surface area contributed by atoms with E-state index in [0.717, 1.165) is 0 Å². The van der Waals surface area contributed by atoms with E-state index in [4.69, 9.17) is 22.4 Å². The molecule has 6 heteroatoms. The molecular weight excluding hydrogens is 219 g/mol. The first-order valence-electron chi connectivity index (χ1n) is 3.68. The highest BCUT2D eigenvalue weighted by Crippen LogP contribution is 2.27. The third-order valence-electron chi connectivity index (χ3n) is 1.73. The second kappa shape index (κ2) is 4.16. The Labute approximate surface area is 83.1 Å². The lowest BCUT2D eigenvalue weighted by Gasteiger charge is -2.11. The number of hydrogen-bond acceptors (Lipinski definition) is 2. The third-order valence-corrected chi connectivity index (χ3v) is 2.06. The fourth-order valence-electron chi connectivity index (χ4n) is 0.959. The summed E-state index contributed by atoms with van der Waals surface area (Å²) in [5.74, 6) is -3.90. The minimum absolute atomic E-state index is 0.351. The second-order valence-electron chi connectivity index (χ2n) is 2.68. The predicted molar refractivity (Wildman–Crippen MR) is 45.3 cm³/mol. The summed E-state index contributed by atoms with van der Waals surface area (Å²) in [5.41, 5.74) is 4.89. The third kappa shape index (κ3) is 1.84. The zero-order valence-corrected chi connectivity index (χ0v) is 7.65. The fraction of sp³-hybridized carbons (Fsp3) is 0.250. The van der Waals surface area contributed by atoms with Crippen molar-refractivity contribution in [1.82, 2.24) is 0 Å². The molecule has 0 saturated carbocycles. The number of nitrogens with two attached hydrogens (primary N) is 1. The van der Waals surface area contributed by atoms with Crippen molar-refractivity contribution in [2.75, 3.05) is 6.61 Å². The van der Waals surface area contributed by atoms with Crippen LogP contribution in [0.5, 0.6) is 0 Å². The Kier molecular flexibility index (Phi) is 3.36. The minimum atomic E-state index is -1.46. The van der Waals surface area contributed by atoms with Crippen LogP contribution in [0.2, 0.25) is 5.02 Å². The highest BCUT2D eigenvalue weighted by molar-refractivity contribution is 6.31. The number of halogens is 4. The SMILES string of the molecule is NC(CO)c1cc(F)c(F)c(Cl)c1F. The summed E-state index contributed by atoms with van der Waals surface area (Å²) in [5, 5.41) is 7.66. The van der Waals surface area contributed by atoms with Gasteiger partial charge in [0.25, 0.3) is 0 Å². The molecule has 0 aromatic heterocycles.